The minimum absolute atomic E-state index is 0.0701. The van der Waals surface area contributed by atoms with E-state index >= 15 is 0 Å². The van der Waals surface area contributed by atoms with Crippen molar-refractivity contribution in [2.24, 2.45) is 0 Å². The molecule has 0 fully saturated rings. The van der Waals surface area contributed by atoms with Crippen LogP contribution in [0.15, 0.2) is 107 Å². The number of benzene rings is 4. The first kappa shape index (κ1) is 37.8. The molecule has 0 atom stereocenters. The van der Waals surface area contributed by atoms with E-state index in [1.807, 2.05) is 18.2 Å². The van der Waals surface area contributed by atoms with Gasteiger partial charge in [-0.15, -0.1) is 0 Å². The minimum atomic E-state index is -0.440. The summed E-state index contributed by atoms with van der Waals surface area (Å²) >= 11 is 0. The van der Waals surface area contributed by atoms with Crippen LogP contribution in [-0.4, -0.2) is 24.7 Å². The van der Waals surface area contributed by atoms with Crippen LogP contribution in [0.3, 0.4) is 0 Å². The molecule has 6 aromatic rings. The van der Waals surface area contributed by atoms with E-state index in [1.54, 1.807) is 62.4 Å². The van der Waals surface area contributed by atoms with Crippen LogP contribution in [0.1, 0.15) is 36.1 Å². The van der Waals surface area contributed by atoms with Gasteiger partial charge in [-0.1, -0.05) is 12.1 Å². The third-order valence-electron chi connectivity index (χ3n) is 8.06. The fraction of sp³-hybridized carbons (Fsp3) is 0.125. The van der Waals surface area contributed by atoms with Crippen LogP contribution in [0.25, 0.3) is 22.5 Å². The van der Waals surface area contributed by atoms with Crippen molar-refractivity contribution in [2.45, 2.75) is 33.5 Å². The van der Waals surface area contributed by atoms with Crippen molar-refractivity contribution in [3.05, 3.63) is 152 Å². The zero-order chi connectivity index (χ0) is 38.8. The fourth-order valence-electron chi connectivity index (χ4n) is 5.25. The Morgan fingerprint density at radius 2 is 1.00 bits per heavy atom. The van der Waals surface area contributed by atoms with E-state index in [4.69, 9.17) is 10.4 Å². The van der Waals surface area contributed by atoms with E-state index in [1.165, 1.54) is 57.9 Å². The van der Waals surface area contributed by atoms with Crippen molar-refractivity contribution in [2.75, 3.05) is 10.6 Å². The summed E-state index contributed by atoms with van der Waals surface area (Å²) in [6.07, 6.45) is 0. The average Bonchev–Trinajstić information content (AvgIpc) is 3.20. The highest BCUT2D eigenvalue weighted by Gasteiger charge is 2.20. The SMILES string of the molecule is CCn1nc(-c2ccc(F)cc2)c(C#N)c(Nc2ccc(C#N)cc2)c1=O.CCn1nc(-c2ccc(F)cc2)c(C#N)c(Nc2ccc(CO)cc2)c1=O. The first-order valence-electron chi connectivity index (χ1n) is 16.5. The number of hydrogen-bond acceptors (Lipinski definition) is 10. The number of hydrogen-bond donors (Lipinski definition) is 3. The standard InChI is InChI=1S/C20H14FN5O.C20H17FN4O2/c1-2-26-20(27)19(24-16-9-3-13(11-22)4-10-16)17(12-23)18(25-26)14-5-7-15(21)8-6-14;1-2-25-20(27)19(23-16-9-3-13(12-26)4-10-16)17(11-22)18(24-25)14-5-7-15(21)8-6-14/h3-10,24H,2H2,1H3;3-10,23,26H,2,12H2,1H3. The van der Waals surface area contributed by atoms with Crippen molar-refractivity contribution in [3.63, 3.8) is 0 Å². The van der Waals surface area contributed by atoms with Crippen molar-refractivity contribution in [1.29, 1.82) is 15.8 Å². The Kier molecular flexibility index (Phi) is 12.0. The molecule has 2 heterocycles. The Hall–Kier alpha value is -7.47. The van der Waals surface area contributed by atoms with E-state index in [9.17, 15) is 28.9 Å². The van der Waals surface area contributed by atoms with Gasteiger partial charge in [0, 0.05) is 35.6 Å². The molecule has 0 saturated heterocycles. The molecule has 0 spiro atoms. The number of halogens is 2. The van der Waals surface area contributed by atoms with Gasteiger partial charge < -0.3 is 15.7 Å². The highest BCUT2D eigenvalue weighted by Crippen LogP contribution is 2.28. The first-order chi connectivity index (χ1) is 26.1. The summed E-state index contributed by atoms with van der Waals surface area (Å²) < 4.78 is 29.0. The third kappa shape index (κ3) is 8.35. The molecule has 0 aliphatic heterocycles. The molecule has 0 saturated carbocycles. The number of aliphatic hydroxyl groups is 1. The van der Waals surface area contributed by atoms with Gasteiger partial charge in [-0.3, -0.25) is 9.59 Å². The van der Waals surface area contributed by atoms with Gasteiger partial charge in [0.15, 0.2) is 0 Å². The lowest BCUT2D eigenvalue weighted by Gasteiger charge is -2.14. The summed E-state index contributed by atoms with van der Waals surface area (Å²) in [5.74, 6) is -0.805. The maximum absolute atomic E-state index is 13.3. The molecule has 0 radical (unpaired) electrons. The Morgan fingerprint density at radius 3 is 1.33 bits per heavy atom. The molecule has 14 heteroatoms. The molecule has 0 aliphatic rings. The number of rotatable bonds is 9. The second kappa shape index (κ2) is 17.2. The Balaban J connectivity index is 0.000000208. The van der Waals surface area contributed by atoms with Gasteiger partial charge in [0.25, 0.3) is 11.1 Å². The summed E-state index contributed by atoms with van der Waals surface area (Å²) in [7, 11) is 0. The van der Waals surface area contributed by atoms with Gasteiger partial charge in [-0.05, 0) is 104 Å². The molecule has 0 unspecified atom stereocenters. The van der Waals surface area contributed by atoms with Gasteiger partial charge in [0.05, 0.1) is 18.2 Å². The van der Waals surface area contributed by atoms with E-state index in [0.29, 0.717) is 46.8 Å². The molecule has 3 N–H and O–H groups in total. The molecule has 12 nitrogen and oxygen atoms in total. The van der Waals surface area contributed by atoms with E-state index in [2.05, 4.69) is 20.8 Å². The molecule has 0 bridgehead atoms. The monoisotopic (exact) mass is 723 g/mol. The number of aryl methyl sites for hydroxylation is 2. The molecule has 4 aromatic carbocycles. The van der Waals surface area contributed by atoms with Crippen LogP contribution < -0.4 is 21.8 Å². The predicted molar refractivity (Wildman–Crippen MR) is 199 cm³/mol. The first-order valence-corrected chi connectivity index (χ1v) is 16.5. The maximum Gasteiger partial charge on any atom is 0.291 e. The number of aliphatic hydroxyl groups excluding tert-OH is 1. The average molecular weight is 724 g/mol. The van der Waals surface area contributed by atoms with Crippen molar-refractivity contribution in [1.82, 2.24) is 19.6 Å². The number of nitrogens with one attached hydrogen (secondary N) is 2. The largest absolute Gasteiger partial charge is 0.392 e. The summed E-state index contributed by atoms with van der Waals surface area (Å²) in [6.45, 7) is 4.07. The Bertz CT molecular complexity index is 2530. The minimum Gasteiger partial charge on any atom is -0.392 e. The molecular weight excluding hydrogens is 692 g/mol. The molecule has 0 amide bonds. The topological polar surface area (TPSA) is 185 Å². The quantitative estimate of drug-likeness (QED) is 0.144. The highest BCUT2D eigenvalue weighted by atomic mass is 19.1. The van der Waals surface area contributed by atoms with E-state index in [-0.39, 0.29) is 34.8 Å². The van der Waals surface area contributed by atoms with Crippen LogP contribution >= 0.6 is 0 Å². The summed E-state index contributed by atoms with van der Waals surface area (Å²) in [5, 5.41) is 51.9. The predicted octanol–water partition coefficient (Wildman–Crippen LogP) is 6.73. The lowest BCUT2D eigenvalue weighted by molar-refractivity contribution is 0.282. The number of aromatic nitrogens is 4. The van der Waals surface area contributed by atoms with Gasteiger partial charge in [0.2, 0.25) is 0 Å². The maximum atomic E-state index is 13.3. The second-order valence-corrected chi connectivity index (χ2v) is 11.5. The van der Waals surface area contributed by atoms with E-state index in [0.717, 1.165) is 5.56 Å². The molecule has 2 aromatic heterocycles. The zero-order valence-electron chi connectivity index (χ0n) is 29.0. The summed E-state index contributed by atoms with van der Waals surface area (Å²) in [4.78, 5) is 25.5. The van der Waals surface area contributed by atoms with Crippen LogP contribution in [-0.2, 0) is 19.7 Å². The smallest absolute Gasteiger partial charge is 0.291 e. The number of nitriles is 3. The molecule has 268 valence electrons. The number of anilines is 4. The molecular formula is C40H31F2N9O3. The number of nitrogens with zero attached hydrogens (tertiary/aromatic N) is 7. The van der Waals surface area contributed by atoms with Crippen molar-refractivity contribution >= 4 is 22.7 Å². The zero-order valence-corrected chi connectivity index (χ0v) is 29.0. The molecule has 54 heavy (non-hydrogen) atoms. The third-order valence-corrected chi connectivity index (χ3v) is 8.06. The lowest BCUT2D eigenvalue weighted by atomic mass is 10.1. The van der Waals surface area contributed by atoms with Crippen LogP contribution in [0.2, 0.25) is 0 Å². The van der Waals surface area contributed by atoms with Crippen molar-refractivity contribution in [3.8, 4) is 40.7 Å². The van der Waals surface area contributed by atoms with Gasteiger partial charge in [-0.25, -0.2) is 18.1 Å². The van der Waals surface area contributed by atoms with Crippen LogP contribution in [0, 0.1) is 45.6 Å². The second-order valence-electron chi connectivity index (χ2n) is 11.5. The van der Waals surface area contributed by atoms with Crippen molar-refractivity contribution < 1.29 is 13.9 Å². The Morgan fingerprint density at radius 1 is 0.611 bits per heavy atom. The van der Waals surface area contributed by atoms with Crippen LogP contribution in [0.5, 0.6) is 0 Å². The molecule has 0 aliphatic carbocycles. The van der Waals surface area contributed by atoms with Crippen LogP contribution in [0.4, 0.5) is 31.5 Å². The highest BCUT2D eigenvalue weighted by molar-refractivity contribution is 5.78. The summed E-state index contributed by atoms with van der Waals surface area (Å²) in [6, 6.07) is 30.6. The van der Waals surface area contributed by atoms with E-state index < -0.39 is 22.8 Å². The fourth-order valence-corrected chi connectivity index (χ4v) is 5.25. The van der Waals surface area contributed by atoms with Gasteiger partial charge >= 0.3 is 0 Å². The lowest BCUT2D eigenvalue weighted by Crippen LogP contribution is -2.26. The summed E-state index contributed by atoms with van der Waals surface area (Å²) in [5.41, 5.74) is 3.49. The normalized spacial score (nSPS) is 10.3. The van der Waals surface area contributed by atoms with Gasteiger partial charge in [-0.2, -0.15) is 26.0 Å². The Labute approximate surface area is 308 Å². The van der Waals surface area contributed by atoms with Gasteiger partial charge in [0.1, 0.15) is 57.7 Å². The molecule has 6 rings (SSSR count).